The fourth-order valence-electron chi connectivity index (χ4n) is 2.63. The molecule has 0 fully saturated rings. The maximum absolute atomic E-state index is 13.0. The predicted molar refractivity (Wildman–Crippen MR) is 110 cm³/mol. The molecule has 1 heterocycles. The van der Waals surface area contributed by atoms with E-state index in [0.717, 1.165) is 10.7 Å². The molecular weight excluding hydrogens is 539 g/mol. The standard InChI is InChI=1S/C18H10BrClF3N5O3S/c1-9-16(25-27-28(9)14-5-2-10(8-24)6-13(14)20)17(29)26-32(30,31)15-7-11(18(21,22)23)3-4-12(15)19/h2-7H,1H3,(H,26,29). The van der Waals surface area contributed by atoms with Crippen molar-refractivity contribution in [1.82, 2.24) is 19.7 Å². The first kappa shape index (κ1) is 23.7. The highest BCUT2D eigenvalue weighted by Crippen LogP contribution is 2.33. The summed E-state index contributed by atoms with van der Waals surface area (Å²) in [6.45, 7) is 1.41. The molecule has 1 N–H and O–H groups in total. The molecule has 0 saturated heterocycles. The van der Waals surface area contributed by atoms with E-state index in [1.54, 1.807) is 4.72 Å². The Bertz CT molecular complexity index is 1380. The van der Waals surface area contributed by atoms with Crippen LogP contribution in [0.3, 0.4) is 0 Å². The number of rotatable bonds is 4. The Kier molecular flexibility index (Phi) is 6.32. The zero-order chi connectivity index (χ0) is 23.8. The number of nitrogens with zero attached hydrogens (tertiary/aromatic N) is 4. The first-order valence-electron chi connectivity index (χ1n) is 8.41. The van der Waals surface area contributed by atoms with E-state index >= 15 is 0 Å². The zero-order valence-electron chi connectivity index (χ0n) is 15.8. The van der Waals surface area contributed by atoms with E-state index in [9.17, 15) is 26.4 Å². The monoisotopic (exact) mass is 547 g/mol. The molecule has 0 atom stereocenters. The number of hydrogen-bond donors (Lipinski definition) is 1. The summed E-state index contributed by atoms with van der Waals surface area (Å²) in [6.07, 6.45) is -4.78. The number of hydrogen-bond acceptors (Lipinski definition) is 6. The molecule has 0 aliphatic heterocycles. The van der Waals surface area contributed by atoms with Crippen LogP contribution in [0.15, 0.2) is 45.8 Å². The molecule has 0 bridgehead atoms. The summed E-state index contributed by atoms with van der Waals surface area (Å²) in [4.78, 5) is 11.8. The number of carbonyl (C=O) groups is 1. The van der Waals surface area contributed by atoms with Crippen molar-refractivity contribution in [3.05, 3.63) is 68.4 Å². The van der Waals surface area contributed by atoms with Crippen LogP contribution in [-0.2, 0) is 16.2 Å². The number of alkyl halides is 3. The Morgan fingerprint density at radius 2 is 1.94 bits per heavy atom. The molecule has 0 unspecified atom stereocenters. The van der Waals surface area contributed by atoms with Gasteiger partial charge < -0.3 is 0 Å². The highest BCUT2D eigenvalue weighted by molar-refractivity contribution is 9.10. The molecule has 1 amide bonds. The molecule has 14 heteroatoms. The van der Waals surface area contributed by atoms with E-state index < -0.39 is 38.3 Å². The number of sulfonamides is 1. The second-order valence-electron chi connectivity index (χ2n) is 6.29. The van der Waals surface area contributed by atoms with Gasteiger partial charge in [-0.2, -0.15) is 18.4 Å². The fourth-order valence-corrected chi connectivity index (χ4v) is 4.83. The fraction of sp³-hybridized carbons (Fsp3) is 0.111. The van der Waals surface area contributed by atoms with Crippen LogP contribution in [0, 0.1) is 18.3 Å². The van der Waals surface area contributed by atoms with Gasteiger partial charge in [0.2, 0.25) is 0 Å². The van der Waals surface area contributed by atoms with Crippen LogP contribution in [0.4, 0.5) is 13.2 Å². The van der Waals surface area contributed by atoms with Gasteiger partial charge in [-0.05, 0) is 59.3 Å². The highest BCUT2D eigenvalue weighted by Gasteiger charge is 2.33. The first-order valence-corrected chi connectivity index (χ1v) is 11.1. The Morgan fingerprint density at radius 3 is 2.53 bits per heavy atom. The lowest BCUT2D eigenvalue weighted by atomic mass is 10.2. The lowest BCUT2D eigenvalue weighted by Gasteiger charge is -2.12. The molecular formula is C18H10BrClF3N5O3S. The summed E-state index contributed by atoms with van der Waals surface area (Å²) in [5.41, 5.74) is -0.930. The number of amides is 1. The van der Waals surface area contributed by atoms with Gasteiger partial charge in [0.1, 0.15) is 4.90 Å². The SMILES string of the molecule is Cc1c(C(=O)NS(=O)(=O)c2cc(C(F)(F)F)ccc2Br)nnn1-c1ccc(C#N)cc1Cl. The average Bonchev–Trinajstić information content (AvgIpc) is 3.08. The van der Waals surface area contributed by atoms with Gasteiger partial charge in [-0.3, -0.25) is 4.79 Å². The average molecular weight is 549 g/mol. The Labute approximate surface area is 192 Å². The summed E-state index contributed by atoms with van der Waals surface area (Å²) in [7, 11) is -4.70. The molecule has 166 valence electrons. The third-order valence-electron chi connectivity index (χ3n) is 4.19. The first-order chi connectivity index (χ1) is 14.8. The van der Waals surface area contributed by atoms with E-state index in [1.807, 2.05) is 6.07 Å². The quantitative estimate of drug-likeness (QED) is 0.527. The van der Waals surface area contributed by atoms with Crippen molar-refractivity contribution >= 4 is 43.5 Å². The molecule has 32 heavy (non-hydrogen) atoms. The van der Waals surface area contributed by atoms with Crippen LogP contribution < -0.4 is 4.72 Å². The van der Waals surface area contributed by atoms with E-state index in [0.29, 0.717) is 12.1 Å². The molecule has 0 radical (unpaired) electrons. The molecule has 3 aromatic rings. The summed E-state index contributed by atoms with van der Waals surface area (Å²) >= 11 is 9.01. The van der Waals surface area contributed by atoms with Gasteiger partial charge in [0.05, 0.1) is 33.6 Å². The predicted octanol–water partition coefficient (Wildman–Crippen LogP) is 4.00. The third kappa shape index (κ3) is 4.62. The normalized spacial score (nSPS) is 11.8. The number of benzene rings is 2. The summed E-state index contributed by atoms with van der Waals surface area (Å²) < 4.78 is 66.8. The summed E-state index contributed by atoms with van der Waals surface area (Å²) in [6, 6.07) is 8.20. The van der Waals surface area contributed by atoms with Gasteiger partial charge in [0.15, 0.2) is 5.69 Å². The third-order valence-corrected chi connectivity index (χ3v) is 6.82. The maximum atomic E-state index is 13.0. The Balaban J connectivity index is 1.94. The van der Waals surface area contributed by atoms with Crippen LogP contribution >= 0.6 is 27.5 Å². The summed E-state index contributed by atoms with van der Waals surface area (Å²) in [5, 5.41) is 16.5. The second-order valence-corrected chi connectivity index (χ2v) is 9.20. The Hall–Kier alpha value is -2.95. The number of carbonyl (C=O) groups excluding carboxylic acids is 1. The van der Waals surface area contributed by atoms with Crippen molar-refractivity contribution in [2.75, 3.05) is 0 Å². The van der Waals surface area contributed by atoms with Gasteiger partial charge >= 0.3 is 6.18 Å². The van der Waals surface area contributed by atoms with Crippen molar-refractivity contribution < 1.29 is 26.4 Å². The number of aromatic nitrogens is 3. The van der Waals surface area contributed by atoms with Crippen molar-refractivity contribution in [1.29, 1.82) is 5.26 Å². The van der Waals surface area contributed by atoms with Crippen LogP contribution in [-0.4, -0.2) is 29.3 Å². The minimum atomic E-state index is -4.78. The molecule has 0 saturated carbocycles. The van der Waals surface area contributed by atoms with E-state index in [4.69, 9.17) is 16.9 Å². The molecule has 0 spiro atoms. The molecule has 3 rings (SSSR count). The minimum absolute atomic E-state index is 0.104. The number of nitriles is 1. The van der Waals surface area contributed by atoms with Crippen LogP contribution in [0.25, 0.3) is 5.69 Å². The lowest BCUT2D eigenvalue weighted by Crippen LogP contribution is -2.32. The smallest absolute Gasteiger partial charge is 0.266 e. The topological polar surface area (TPSA) is 118 Å². The van der Waals surface area contributed by atoms with Gasteiger partial charge in [-0.15, -0.1) is 5.10 Å². The molecule has 1 aromatic heterocycles. The Morgan fingerprint density at radius 1 is 1.25 bits per heavy atom. The summed E-state index contributed by atoms with van der Waals surface area (Å²) in [5.74, 6) is -1.21. The van der Waals surface area contributed by atoms with Crippen molar-refractivity contribution in [2.45, 2.75) is 18.0 Å². The van der Waals surface area contributed by atoms with E-state index in [-0.39, 0.29) is 26.4 Å². The lowest BCUT2D eigenvalue weighted by molar-refractivity contribution is -0.137. The van der Waals surface area contributed by atoms with Crippen LogP contribution in [0.5, 0.6) is 0 Å². The van der Waals surface area contributed by atoms with Gasteiger partial charge in [-0.1, -0.05) is 16.8 Å². The number of halogens is 5. The number of nitrogens with one attached hydrogen (secondary N) is 1. The van der Waals surface area contributed by atoms with Crippen molar-refractivity contribution in [3.8, 4) is 11.8 Å². The van der Waals surface area contributed by atoms with Crippen molar-refractivity contribution in [3.63, 3.8) is 0 Å². The van der Waals surface area contributed by atoms with Crippen LogP contribution in [0.2, 0.25) is 5.02 Å². The molecule has 8 nitrogen and oxygen atoms in total. The van der Waals surface area contributed by atoms with Gasteiger partial charge in [-0.25, -0.2) is 17.8 Å². The maximum Gasteiger partial charge on any atom is 0.416 e. The van der Waals surface area contributed by atoms with E-state index in [1.165, 1.54) is 25.1 Å². The van der Waals surface area contributed by atoms with Gasteiger partial charge in [0.25, 0.3) is 15.9 Å². The van der Waals surface area contributed by atoms with E-state index in [2.05, 4.69) is 26.2 Å². The molecule has 0 aliphatic carbocycles. The molecule has 0 aliphatic rings. The minimum Gasteiger partial charge on any atom is -0.266 e. The van der Waals surface area contributed by atoms with Crippen LogP contribution in [0.1, 0.15) is 27.3 Å². The largest absolute Gasteiger partial charge is 0.416 e. The van der Waals surface area contributed by atoms with Gasteiger partial charge in [0, 0.05) is 4.47 Å². The molecule has 2 aromatic carbocycles. The zero-order valence-corrected chi connectivity index (χ0v) is 18.9. The second kappa shape index (κ2) is 8.53. The van der Waals surface area contributed by atoms with Crippen molar-refractivity contribution in [2.24, 2.45) is 0 Å². The highest BCUT2D eigenvalue weighted by atomic mass is 79.9.